The van der Waals surface area contributed by atoms with Gasteiger partial charge in [0.15, 0.2) is 0 Å². The Labute approximate surface area is 88.5 Å². The summed E-state index contributed by atoms with van der Waals surface area (Å²) in [7, 11) is 0. The van der Waals surface area contributed by atoms with Crippen molar-refractivity contribution >= 4 is 18.1 Å². The van der Waals surface area contributed by atoms with Gasteiger partial charge in [0.1, 0.15) is 5.82 Å². The molecule has 0 saturated carbocycles. The minimum atomic E-state index is -0.540. The molecular weight excluding hydrogens is 205 g/mol. The molecule has 78 valence electrons. The van der Waals surface area contributed by atoms with Gasteiger partial charge in [0, 0.05) is 17.3 Å². The van der Waals surface area contributed by atoms with Crippen molar-refractivity contribution in [1.29, 1.82) is 0 Å². The van der Waals surface area contributed by atoms with E-state index in [1.54, 1.807) is 6.07 Å². The van der Waals surface area contributed by atoms with Crippen LogP contribution < -0.4 is 5.32 Å². The highest BCUT2D eigenvalue weighted by molar-refractivity contribution is 5.85. The van der Waals surface area contributed by atoms with Crippen molar-refractivity contribution in [3.8, 4) is 0 Å². The Kier molecular flexibility index (Phi) is 3.34. The zero-order chi connectivity index (χ0) is 9.42. The van der Waals surface area contributed by atoms with Crippen molar-refractivity contribution in [2.24, 2.45) is 0 Å². The molecule has 1 heterocycles. The van der Waals surface area contributed by atoms with Gasteiger partial charge in [0.05, 0.1) is 6.10 Å². The monoisotopic (exact) mass is 217 g/mol. The Bertz CT molecular complexity index is 332. The molecule has 1 aromatic carbocycles. The minimum Gasteiger partial charge on any atom is -0.388 e. The van der Waals surface area contributed by atoms with Crippen LogP contribution in [0.1, 0.15) is 25.0 Å². The van der Waals surface area contributed by atoms with Gasteiger partial charge in [-0.05, 0) is 31.5 Å². The third kappa shape index (κ3) is 1.99. The van der Waals surface area contributed by atoms with Gasteiger partial charge in [-0.2, -0.15) is 0 Å². The molecule has 14 heavy (non-hydrogen) atoms. The number of rotatable bonds is 0. The molecule has 0 saturated heterocycles. The number of anilines is 1. The largest absolute Gasteiger partial charge is 0.388 e. The lowest BCUT2D eigenvalue weighted by Crippen LogP contribution is -2.25. The average Bonchev–Trinajstić information content (AvgIpc) is 2.06. The summed E-state index contributed by atoms with van der Waals surface area (Å²) in [5.41, 5.74) is 1.51. The van der Waals surface area contributed by atoms with Gasteiger partial charge in [-0.1, -0.05) is 0 Å². The van der Waals surface area contributed by atoms with Crippen LogP contribution in [0.25, 0.3) is 0 Å². The van der Waals surface area contributed by atoms with E-state index in [2.05, 4.69) is 5.32 Å². The fourth-order valence-corrected chi connectivity index (χ4v) is 1.73. The van der Waals surface area contributed by atoms with Crippen LogP contribution in [0.2, 0.25) is 0 Å². The van der Waals surface area contributed by atoms with Crippen molar-refractivity contribution in [2.45, 2.75) is 25.5 Å². The second-order valence-electron chi connectivity index (χ2n) is 3.53. The quantitative estimate of drug-likeness (QED) is 0.700. The van der Waals surface area contributed by atoms with Gasteiger partial charge in [0.2, 0.25) is 0 Å². The van der Waals surface area contributed by atoms with Crippen LogP contribution in [0.4, 0.5) is 10.1 Å². The Balaban J connectivity index is 0.000000980. The number of fused-ring (bicyclic) bond motifs is 1. The normalized spacial score (nSPS) is 24.5. The number of halogens is 2. The fourth-order valence-electron chi connectivity index (χ4n) is 1.73. The van der Waals surface area contributed by atoms with Crippen molar-refractivity contribution in [2.75, 3.05) is 5.32 Å². The topological polar surface area (TPSA) is 32.3 Å². The number of aliphatic hydroxyl groups is 1. The number of benzene rings is 1. The Hall–Kier alpha value is -0.800. The molecule has 2 unspecified atom stereocenters. The highest BCUT2D eigenvalue weighted by Crippen LogP contribution is 2.32. The first-order valence-corrected chi connectivity index (χ1v) is 4.41. The SMILES string of the molecule is CC1CC(O)c2cc(F)ccc2N1.Cl. The maximum atomic E-state index is 12.8. The zero-order valence-electron chi connectivity index (χ0n) is 7.83. The third-order valence-electron chi connectivity index (χ3n) is 2.35. The second-order valence-corrected chi connectivity index (χ2v) is 3.53. The van der Waals surface area contributed by atoms with Crippen LogP contribution in [0.3, 0.4) is 0 Å². The van der Waals surface area contributed by atoms with Gasteiger partial charge in [-0.15, -0.1) is 12.4 Å². The zero-order valence-corrected chi connectivity index (χ0v) is 8.64. The van der Waals surface area contributed by atoms with Crippen molar-refractivity contribution in [1.82, 2.24) is 0 Å². The van der Waals surface area contributed by atoms with E-state index in [1.165, 1.54) is 12.1 Å². The van der Waals surface area contributed by atoms with E-state index >= 15 is 0 Å². The van der Waals surface area contributed by atoms with Crippen molar-refractivity contribution < 1.29 is 9.50 Å². The summed E-state index contributed by atoms with van der Waals surface area (Å²) in [6, 6.07) is 4.70. The molecule has 1 aliphatic heterocycles. The first-order chi connectivity index (χ1) is 6.16. The lowest BCUT2D eigenvalue weighted by Gasteiger charge is -2.28. The highest BCUT2D eigenvalue weighted by atomic mass is 35.5. The maximum absolute atomic E-state index is 12.8. The van der Waals surface area contributed by atoms with E-state index in [0.717, 1.165) is 5.69 Å². The summed E-state index contributed by atoms with van der Waals surface area (Å²) in [6.45, 7) is 2.00. The molecular formula is C10H13ClFNO. The van der Waals surface area contributed by atoms with E-state index in [0.29, 0.717) is 12.0 Å². The molecule has 4 heteroatoms. The van der Waals surface area contributed by atoms with Crippen molar-refractivity contribution in [3.05, 3.63) is 29.6 Å². The van der Waals surface area contributed by atoms with Gasteiger partial charge in [0.25, 0.3) is 0 Å². The molecule has 1 aromatic rings. The number of hydrogen-bond acceptors (Lipinski definition) is 2. The van der Waals surface area contributed by atoms with Crippen LogP contribution in [0, 0.1) is 5.82 Å². The number of nitrogens with one attached hydrogen (secondary N) is 1. The third-order valence-corrected chi connectivity index (χ3v) is 2.35. The van der Waals surface area contributed by atoms with Gasteiger partial charge in [-0.25, -0.2) is 4.39 Å². The van der Waals surface area contributed by atoms with Crippen LogP contribution in [-0.4, -0.2) is 11.1 Å². The molecule has 2 N–H and O–H groups in total. The summed E-state index contributed by atoms with van der Waals surface area (Å²) in [6.07, 6.45) is 0.0955. The van der Waals surface area contributed by atoms with Crippen LogP contribution in [0.5, 0.6) is 0 Å². The minimum absolute atomic E-state index is 0. The van der Waals surface area contributed by atoms with Crippen LogP contribution in [-0.2, 0) is 0 Å². The highest BCUT2D eigenvalue weighted by Gasteiger charge is 2.22. The van der Waals surface area contributed by atoms with E-state index < -0.39 is 6.10 Å². The molecule has 0 bridgehead atoms. The molecule has 0 radical (unpaired) electrons. The van der Waals surface area contributed by atoms with Crippen LogP contribution in [0.15, 0.2) is 18.2 Å². The number of hydrogen-bond donors (Lipinski definition) is 2. The molecule has 2 rings (SSSR count). The average molecular weight is 218 g/mol. The molecule has 2 atom stereocenters. The fraction of sp³-hybridized carbons (Fsp3) is 0.400. The molecule has 0 amide bonds. The molecule has 0 aliphatic carbocycles. The Morgan fingerprint density at radius 1 is 1.50 bits per heavy atom. The standard InChI is InChI=1S/C10H12FNO.ClH/c1-6-4-10(13)8-5-7(11)2-3-9(8)12-6;/h2-3,5-6,10,12-13H,4H2,1H3;1H. The molecule has 2 nitrogen and oxygen atoms in total. The van der Waals surface area contributed by atoms with E-state index in [4.69, 9.17) is 0 Å². The summed E-state index contributed by atoms with van der Waals surface area (Å²) in [5, 5.41) is 12.8. The molecule has 1 aliphatic rings. The van der Waals surface area contributed by atoms with E-state index in [9.17, 15) is 9.50 Å². The first-order valence-electron chi connectivity index (χ1n) is 4.41. The van der Waals surface area contributed by atoms with Crippen LogP contribution >= 0.6 is 12.4 Å². The number of aliphatic hydroxyl groups excluding tert-OH is 1. The second kappa shape index (κ2) is 4.15. The predicted octanol–water partition coefficient (Wildman–Crippen LogP) is 2.49. The lowest BCUT2D eigenvalue weighted by atomic mass is 9.96. The van der Waals surface area contributed by atoms with E-state index in [1.807, 2.05) is 6.92 Å². The molecule has 0 fully saturated rings. The Morgan fingerprint density at radius 2 is 2.21 bits per heavy atom. The van der Waals surface area contributed by atoms with Gasteiger partial charge < -0.3 is 10.4 Å². The molecule has 0 aromatic heterocycles. The van der Waals surface area contributed by atoms with Gasteiger partial charge >= 0.3 is 0 Å². The first kappa shape index (κ1) is 11.3. The maximum Gasteiger partial charge on any atom is 0.123 e. The predicted molar refractivity (Wildman–Crippen MR) is 56.3 cm³/mol. The van der Waals surface area contributed by atoms with E-state index in [-0.39, 0.29) is 24.3 Å². The summed E-state index contributed by atoms with van der Waals surface area (Å²) >= 11 is 0. The summed E-state index contributed by atoms with van der Waals surface area (Å²) < 4.78 is 12.8. The summed E-state index contributed by atoms with van der Waals surface area (Å²) in [5.74, 6) is -0.297. The van der Waals surface area contributed by atoms with Gasteiger partial charge in [-0.3, -0.25) is 0 Å². The van der Waals surface area contributed by atoms with Crippen molar-refractivity contribution in [3.63, 3.8) is 0 Å². The Morgan fingerprint density at radius 3 is 2.93 bits per heavy atom. The molecule has 0 spiro atoms. The lowest BCUT2D eigenvalue weighted by molar-refractivity contribution is 0.158. The summed E-state index contributed by atoms with van der Waals surface area (Å²) in [4.78, 5) is 0. The smallest absolute Gasteiger partial charge is 0.123 e.